The van der Waals surface area contributed by atoms with E-state index in [1.54, 1.807) is 0 Å². The van der Waals surface area contributed by atoms with E-state index in [0.29, 0.717) is 36.5 Å². The summed E-state index contributed by atoms with van der Waals surface area (Å²) in [5.41, 5.74) is 8.94. The van der Waals surface area contributed by atoms with Gasteiger partial charge in [-0.05, 0) is 24.0 Å². The maximum Gasteiger partial charge on any atom is 0.242 e. The van der Waals surface area contributed by atoms with Crippen LogP contribution in [0.1, 0.15) is 37.8 Å². The molecule has 2 aromatic rings. The molecule has 0 spiro atoms. The number of anilines is 2. The number of ether oxygens (including phenoxy) is 1. The molecule has 1 heterocycles. The van der Waals surface area contributed by atoms with Gasteiger partial charge in [-0.15, -0.1) is 0 Å². The summed E-state index contributed by atoms with van der Waals surface area (Å²) in [7, 11) is 0. The Morgan fingerprint density at radius 1 is 1.19 bits per heavy atom. The van der Waals surface area contributed by atoms with Gasteiger partial charge in [0.15, 0.2) is 5.82 Å². The number of hydrogen-bond acceptors (Lipinski definition) is 5. The minimum atomic E-state index is 0.421. The molecule has 0 aliphatic heterocycles. The van der Waals surface area contributed by atoms with E-state index in [1.807, 2.05) is 6.92 Å². The molecule has 3 N–H and O–H groups in total. The van der Waals surface area contributed by atoms with E-state index in [1.165, 1.54) is 17.5 Å². The standard InChI is InChI=1S/C16H22N4O/c1-4-21-16-14(17)15(19-10-20-16)18-9-12-5-7-13(8-6-12)11(2)3/h5-8,10-11H,4,9,17H2,1-3H3,(H,18,19,20). The predicted molar refractivity (Wildman–Crippen MR) is 85.5 cm³/mol. The molecular formula is C16H22N4O. The second-order valence-corrected chi connectivity index (χ2v) is 5.12. The minimum Gasteiger partial charge on any atom is -0.476 e. The molecule has 5 nitrogen and oxygen atoms in total. The topological polar surface area (TPSA) is 73.1 Å². The first-order valence-electron chi connectivity index (χ1n) is 7.17. The second-order valence-electron chi connectivity index (χ2n) is 5.12. The lowest BCUT2D eigenvalue weighted by Crippen LogP contribution is -2.08. The Hall–Kier alpha value is -2.30. The van der Waals surface area contributed by atoms with Crippen LogP contribution < -0.4 is 15.8 Å². The fourth-order valence-corrected chi connectivity index (χ4v) is 1.98. The highest BCUT2D eigenvalue weighted by molar-refractivity contribution is 5.66. The first-order chi connectivity index (χ1) is 10.1. The number of nitrogens with two attached hydrogens (primary N) is 1. The van der Waals surface area contributed by atoms with Gasteiger partial charge in [-0.25, -0.2) is 4.98 Å². The van der Waals surface area contributed by atoms with Crippen LogP contribution in [0, 0.1) is 0 Å². The summed E-state index contributed by atoms with van der Waals surface area (Å²) in [5.74, 6) is 1.56. The first-order valence-corrected chi connectivity index (χ1v) is 7.17. The van der Waals surface area contributed by atoms with Gasteiger partial charge in [-0.2, -0.15) is 4.98 Å². The molecule has 1 aromatic carbocycles. The molecule has 0 saturated heterocycles. The predicted octanol–water partition coefficient (Wildman–Crippen LogP) is 3.19. The molecule has 0 radical (unpaired) electrons. The van der Waals surface area contributed by atoms with Gasteiger partial charge in [0.1, 0.15) is 12.0 Å². The number of rotatable bonds is 6. The van der Waals surface area contributed by atoms with Crippen molar-refractivity contribution in [1.29, 1.82) is 0 Å². The van der Waals surface area contributed by atoms with E-state index < -0.39 is 0 Å². The van der Waals surface area contributed by atoms with Crippen molar-refractivity contribution in [3.63, 3.8) is 0 Å². The number of hydrogen-bond donors (Lipinski definition) is 2. The third-order valence-corrected chi connectivity index (χ3v) is 3.23. The summed E-state index contributed by atoms with van der Waals surface area (Å²) in [6.45, 7) is 7.45. The molecule has 1 aromatic heterocycles. The van der Waals surface area contributed by atoms with Crippen LogP contribution >= 0.6 is 0 Å². The Kier molecular flexibility index (Phi) is 4.98. The molecule has 0 amide bonds. The average molecular weight is 286 g/mol. The van der Waals surface area contributed by atoms with Gasteiger partial charge in [0.25, 0.3) is 0 Å². The van der Waals surface area contributed by atoms with Gasteiger partial charge in [-0.1, -0.05) is 38.1 Å². The number of aromatic nitrogens is 2. The zero-order valence-corrected chi connectivity index (χ0v) is 12.8. The smallest absolute Gasteiger partial charge is 0.242 e. The molecule has 0 aliphatic carbocycles. The van der Waals surface area contributed by atoms with Crippen LogP contribution in [-0.2, 0) is 6.54 Å². The number of nitrogens with zero attached hydrogens (tertiary/aromatic N) is 2. The zero-order chi connectivity index (χ0) is 15.2. The Balaban J connectivity index is 2.04. The maximum atomic E-state index is 5.98. The van der Waals surface area contributed by atoms with E-state index in [2.05, 4.69) is 53.4 Å². The van der Waals surface area contributed by atoms with Crippen molar-refractivity contribution in [3.05, 3.63) is 41.7 Å². The van der Waals surface area contributed by atoms with Crippen LogP contribution in [0.15, 0.2) is 30.6 Å². The second kappa shape index (κ2) is 6.92. The van der Waals surface area contributed by atoms with Gasteiger partial charge in [0.2, 0.25) is 5.88 Å². The molecular weight excluding hydrogens is 264 g/mol. The molecule has 0 atom stereocenters. The maximum absolute atomic E-state index is 5.98. The van der Waals surface area contributed by atoms with Crippen LogP contribution in [0.5, 0.6) is 5.88 Å². The van der Waals surface area contributed by atoms with Crippen LogP contribution in [0.3, 0.4) is 0 Å². The molecule has 0 unspecified atom stereocenters. The third kappa shape index (κ3) is 3.84. The molecule has 0 aliphatic rings. The Morgan fingerprint density at radius 3 is 2.52 bits per heavy atom. The highest BCUT2D eigenvalue weighted by Crippen LogP contribution is 2.25. The van der Waals surface area contributed by atoms with Gasteiger partial charge in [0.05, 0.1) is 6.61 Å². The van der Waals surface area contributed by atoms with Gasteiger partial charge in [-0.3, -0.25) is 0 Å². The Labute approximate surface area is 125 Å². The quantitative estimate of drug-likeness (QED) is 0.853. The number of nitrogens with one attached hydrogen (secondary N) is 1. The minimum absolute atomic E-state index is 0.421. The fourth-order valence-electron chi connectivity index (χ4n) is 1.98. The largest absolute Gasteiger partial charge is 0.476 e. The van der Waals surface area contributed by atoms with E-state index in [0.717, 1.165) is 0 Å². The monoisotopic (exact) mass is 286 g/mol. The molecule has 0 bridgehead atoms. The third-order valence-electron chi connectivity index (χ3n) is 3.23. The van der Waals surface area contributed by atoms with Crippen molar-refractivity contribution in [2.75, 3.05) is 17.7 Å². The molecule has 112 valence electrons. The lowest BCUT2D eigenvalue weighted by atomic mass is 10.0. The van der Waals surface area contributed by atoms with E-state index >= 15 is 0 Å². The van der Waals surface area contributed by atoms with Crippen molar-refractivity contribution in [2.45, 2.75) is 33.2 Å². The number of benzene rings is 1. The van der Waals surface area contributed by atoms with E-state index in [-0.39, 0.29) is 0 Å². The van der Waals surface area contributed by atoms with Crippen molar-refractivity contribution in [3.8, 4) is 5.88 Å². The average Bonchev–Trinajstić information content (AvgIpc) is 2.49. The summed E-state index contributed by atoms with van der Waals surface area (Å²) < 4.78 is 5.36. The molecule has 0 fully saturated rings. The summed E-state index contributed by atoms with van der Waals surface area (Å²) in [6.07, 6.45) is 1.45. The Morgan fingerprint density at radius 2 is 1.90 bits per heavy atom. The van der Waals surface area contributed by atoms with Crippen LogP contribution in [0.4, 0.5) is 11.5 Å². The van der Waals surface area contributed by atoms with Crippen LogP contribution in [0.25, 0.3) is 0 Å². The van der Waals surface area contributed by atoms with Crippen molar-refractivity contribution >= 4 is 11.5 Å². The fraction of sp³-hybridized carbons (Fsp3) is 0.375. The number of nitrogen functional groups attached to an aromatic ring is 1. The van der Waals surface area contributed by atoms with Gasteiger partial charge >= 0.3 is 0 Å². The van der Waals surface area contributed by atoms with Crippen LogP contribution in [0.2, 0.25) is 0 Å². The SMILES string of the molecule is CCOc1ncnc(NCc2ccc(C(C)C)cc2)c1N. The van der Waals surface area contributed by atoms with Crippen molar-refractivity contribution in [2.24, 2.45) is 0 Å². The molecule has 21 heavy (non-hydrogen) atoms. The highest BCUT2D eigenvalue weighted by atomic mass is 16.5. The lowest BCUT2D eigenvalue weighted by molar-refractivity contribution is 0.328. The molecule has 0 saturated carbocycles. The van der Waals surface area contributed by atoms with Gasteiger partial charge < -0.3 is 15.8 Å². The summed E-state index contributed by atoms with van der Waals surface area (Å²) >= 11 is 0. The van der Waals surface area contributed by atoms with Crippen molar-refractivity contribution < 1.29 is 4.74 Å². The van der Waals surface area contributed by atoms with Crippen molar-refractivity contribution in [1.82, 2.24) is 9.97 Å². The molecule has 5 heteroatoms. The summed E-state index contributed by atoms with van der Waals surface area (Å²) in [6, 6.07) is 8.53. The normalized spacial score (nSPS) is 10.7. The summed E-state index contributed by atoms with van der Waals surface area (Å²) in [5, 5.41) is 3.22. The Bertz CT molecular complexity index is 581. The van der Waals surface area contributed by atoms with E-state index in [9.17, 15) is 0 Å². The highest BCUT2D eigenvalue weighted by Gasteiger charge is 2.08. The molecule has 2 rings (SSSR count). The van der Waals surface area contributed by atoms with Crippen LogP contribution in [-0.4, -0.2) is 16.6 Å². The zero-order valence-electron chi connectivity index (χ0n) is 12.8. The first kappa shape index (κ1) is 15.1. The van der Waals surface area contributed by atoms with E-state index in [4.69, 9.17) is 10.5 Å². The summed E-state index contributed by atoms with van der Waals surface area (Å²) in [4.78, 5) is 8.17. The van der Waals surface area contributed by atoms with Gasteiger partial charge in [0, 0.05) is 6.54 Å². The lowest BCUT2D eigenvalue weighted by Gasteiger charge is -2.11.